The summed E-state index contributed by atoms with van der Waals surface area (Å²) >= 11 is 6.27. The Morgan fingerprint density at radius 2 is 1.86 bits per heavy atom. The fraction of sp³-hybridized carbons (Fsp3) is 0.318. The average molecular weight is 413 g/mol. The predicted molar refractivity (Wildman–Crippen MR) is 115 cm³/mol. The normalized spacial score (nSPS) is 11.4. The van der Waals surface area contributed by atoms with Crippen molar-refractivity contribution in [3.05, 3.63) is 68.8 Å². The Hall–Kier alpha value is -2.86. The van der Waals surface area contributed by atoms with Crippen LogP contribution in [-0.4, -0.2) is 32.5 Å². The molecule has 0 spiro atoms. The molecule has 0 saturated carbocycles. The predicted octanol–water partition coefficient (Wildman–Crippen LogP) is 4.46. The Balaban J connectivity index is 1.89. The number of aryl methyl sites for hydroxylation is 3. The van der Waals surface area contributed by atoms with Crippen molar-refractivity contribution in [2.45, 2.75) is 34.2 Å². The van der Waals surface area contributed by atoms with E-state index in [0.717, 1.165) is 39.7 Å². The second kappa shape index (κ2) is 8.25. The standard InChI is InChI=1S/C22H25ClN4O2/c1-13-21(15(3)26(5)24-13)19(28)9-7-17-8-10-20(29-6)18(11-17)12-27-16(4)22(23)14(2)25-27/h7-11H,12H2,1-6H3/b9-7+. The third kappa shape index (κ3) is 4.12. The zero-order chi connectivity index (χ0) is 21.3. The minimum absolute atomic E-state index is 0.0594. The van der Waals surface area contributed by atoms with E-state index in [1.807, 2.05) is 63.7 Å². The van der Waals surface area contributed by atoms with Gasteiger partial charge in [-0.3, -0.25) is 14.2 Å². The van der Waals surface area contributed by atoms with Crippen LogP contribution in [0.25, 0.3) is 6.08 Å². The molecule has 0 saturated heterocycles. The van der Waals surface area contributed by atoms with Gasteiger partial charge in [0.25, 0.3) is 0 Å². The molecule has 2 heterocycles. The molecule has 1 aromatic carbocycles. The van der Waals surface area contributed by atoms with E-state index in [4.69, 9.17) is 16.3 Å². The summed E-state index contributed by atoms with van der Waals surface area (Å²) in [5.41, 5.74) is 5.80. The molecule has 7 heteroatoms. The van der Waals surface area contributed by atoms with Crippen LogP contribution in [0.15, 0.2) is 24.3 Å². The van der Waals surface area contributed by atoms with Crippen LogP contribution < -0.4 is 4.74 Å². The monoisotopic (exact) mass is 412 g/mol. The highest BCUT2D eigenvalue weighted by Crippen LogP contribution is 2.25. The fourth-order valence-electron chi connectivity index (χ4n) is 3.40. The van der Waals surface area contributed by atoms with Crippen LogP contribution >= 0.6 is 11.6 Å². The largest absolute Gasteiger partial charge is 0.496 e. The third-order valence-electron chi connectivity index (χ3n) is 5.10. The van der Waals surface area contributed by atoms with Gasteiger partial charge < -0.3 is 4.74 Å². The van der Waals surface area contributed by atoms with Gasteiger partial charge in [0, 0.05) is 18.3 Å². The van der Waals surface area contributed by atoms with E-state index >= 15 is 0 Å². The second-order valence-corrected chi connectivity index (χ2v) is 7.46. The lowest BCUT2D eigenvalue weighted by Crippen LogP contribution is -2.06. The first kappa shape index (κ1) is 20.9. The number of methoxy groups -OCH3 is 1. The van der Waals surface area contributed by atoms with Gasteiger partial charge in [0.2, 0.25) is 0 Å². The first-order chi connectivity index (χ1) is 13.7. The van der Waals surface area contributed by atoms with E-state index in [1.165, 1.54) is 0 Å². The van der Waals surface area contributed by atoms with E-state index in [2.05, 4.69) is 10.2 Å². The van der Waals surface area contributed by atoms with Crippen LogP contribution in [0.3, 0.4) is 0 Å². The summed E-state index contributed by atoms with van der Waals surface area (Å²) in [5.74, 6) is 0.701. The molecule has 0 aliphatic carbocycles. The number of ether oxygens (including phenoxy) is 1. The lowest BCUT2D eigenvalue weighted by Gasteiger charge is -2.11. The Labute approximate surface area is 175 Å². The molecular weight excluding hydrogens is 388 g/mol. The third-order valence-corrected chi connectivity index (χ3v) is 5.65. The van der Waals surface area contributed by atoms with E-state index in [1.54, 1.807) is 17.9 Å². The molecule has 152 valence electrons. The van der Waals surface area contributed by atoms with Crippen molar-refractivity contribution >= 4 is 23.5 Å². The first-order valence-electron chi connectivity index (χ1n) is 9.32. The van der Waals surface area contributed by atoms with Gasteiger partial charge >= 0.3 is 0 Å². The summed E-state index contributed by atoms with van der Waals surface area (Å²) in [6.45, 7) is 8.09. The summed E-state index contributed by atoms with van der Waals surface area (Å²) < 4.78 is 9.08. The lowest BCUT2D eigenvalue weighted by atomic mass is 10.1. The molecule has 2 aromatic heterocycles. The van der Waals surface area contributed by atoms with E-state index < -0.39 is 0 Å². The van der Waals surface area contributed by atoms with Crippen molar-refractivity contribution in [3.8, 4) is 5.75 Å². The van der Waals surface area contributed by atoms with E-state index in [0.29, 0.717) is 17.1 Å². The number of ketones is 1. The molecule has 29 heavy (non-hydrogen) atoms. The molecule has 3 aromatic rings. The molecule has 0 unspecified atom stereocenters. The fourth-order valence-corrected chi connectivity index (χ4v) is 3.54. The van der Waals surface area contributed by atoms with Crippen molar-refractivity contribution < 1.29 is 9.53 Å². The Morgan fingerprint density at radius 3 is 2.41 bits per heavy atom. The van der Waals surface area contributed by atoms with Crippen LogP contribution in [0, 0.1) is 27.7 Å². The van der Waals surface area contributed by atoms with Crippen LogP contribution in [0.2, 0.25) is 5.02 Å². The summed E-state index contributed by atoms with van der Waals surface area (Å²) in [6.07, 6.45) is 3.40. The van der Waals surface area contributed by atoms with Gasteiger partial charge in [0.05, 0.1) is 41.3 Å². The van der Waals surface area contributed by atoms with Crippen LogP contribution in [-0.2, 0) is 13.6 Å². The van der Waals surface area contributed by atoms with Gasteiger partial charge in [-0.2, -0.15) is 10.2 Å². The summed E-state index contributed by atoms with van der Waals surface area (Å²) in [6, 6.07) is 5.81. The number of carbonyl (C=O) groups excluding carboxylic acids is 1. The minimum Gasteiger partial charge on any atom is -0.496 e. The lowest BCUT2D eigenvalue weighted by molar-refractivity contribution is 0.104. The molecule has 0 amide bonds. The zero-order valence-electron chi connectivity index (χ0n) is 17.6. The van der Waals surface area contributed by atoms with Gasteiger partial charge in [-0.15, -0.1) is 0 Å². The molecule has 0 atom stereocenters. The number of hydrogen-bond acceptors (Lipinski definition) is 4. The van der Waals surface area contributed by atoms with Crippen molar-refractivity contribution in [3.63, 3.8) is 0 Å². The second-order valence-electron chi connectivity index (χ2n) is 7.08. The minimum atomic E-state index is -0.0594. The van der Waals surface area contributed by atoms with Crippen molar-refractivity contribution in [1.29, 1.82) is 0 Å². The SMILES string of the molecule is COc1ccc(/C=C/C(=O)c2c(C)nn(C)c2C)cc1Cn1nc(C)c(Cl)c1C. The molecule has 0 radical (unpaired) electrons. The summed E-state index contributed by atoms with van der Waals surface area (Å²) in [7, 11) is 3.48. The van der Waals surface area contributed by atoms with Crippen molar-refractivity contribution in [2.75, 3.05) is 7.11 Å². The van der Waals surface area contributed by atoms with Gasteiger partial charge in [0.15, 0.2) is 5.78 Å². The van der Waals surface area contributed by atoms with Gasteiger partial charge in [-0.25, -0.2) is 0 Å². The van der Waals surface area contributed by atoms with Crippen molar-refractivity contribution in [2.24, 2.45) is 7.05 Å². The number of allylic oxidation sites excluding steroid dienone is 1. The maximum atomic E-state index is 12.7. The average Bonchev–Trinajstić information content (AvgIpc) is 3.08. The molecule has 0 aliphatic rings. The number of hydrogen-bond donors (Lipinski definition) is 0. The van der Waals surface area contributed by atoms with Crippen LogP contribution in [0.1, 0.15) is 44.3 Å². The maximum Gasteiger partial charge on any atom is 0.189 e. The molecule has 0 bridgehead atoms. The highest BCUT2D eigenvalue weighted by atomic mass is 35.5. The highest BCUT2D eigenvalue weighted by molar-refractivity contribution is 6.31. The Morgan fingerprint density at radius 1 is 1.14 bits per heavy atom. The molecular formula is C22H25ClN4O2. The zero-order valence-corrected chi connectivity index (χ0v) is 18.3. The van der Waals surface area contributed by atoms with Gasteiger partial charge in [0.1, 0.15) is 5.75 Å². The Kier molecular flexibility index (Phi) is 5.94. The van der Waals surface area contributed by atoms with Gasteiger partial charge in [-0.05, 0) is 51.5 Å². The van der Waals surface area contributed by atoms with Crippen LogP contribution in [0.5, 0.6) is 5.75 Å². The molecule has 6 nitrogen and oxygen atoms in total. The van der Waals surface area contributed by atoms with Crippen molar-refractivity contribution in [1.82, 2.24) is 19.6 Å². The smallest absolute Gasteiger partial charge is 0.189 e. The molecule has 0 N–H and O–H groups in total. The van der Waals surface area contributed by atoms with E-state index in [9.17, 15) is 4.79 Å². The van der Waals surface area contributed by atoms with Gasteiger partial charge in [-0.1, -0.05) is 23.7 Å². The number of carbonyl (C=O) groups is 1. The Bertz CT molecular complexity index is 1110. The number of halogens is 1. The summed E-state index contributed by atoms with van der Waals surface area (Å²) in [5, 5.41) is 9.48. The number of nitrogens with zero attached hydrogens (tertiary/aromatic N) is 4. The summed E-state index contributed by atoms with van der Waals surface area (Å²) in [4.78, 5) is 12.7. The molecule has 0 fully saturated rings. The quantitative estimate of drug-likeness (QED) is 0.443. The number of aromatic nitrogens is 4. The number of benzene rings is 1. The van der Waals surface area contributed by atoms with Crippen LogP contribution in [0.4, 0.5) is 0 Å². The molecule has 3 rings (SSSR count). The first-order valence-corrected chi connectivity index (χ1v) is 9.69. The van der Waals surface area contributed by atoms with E-state index in [-0.39, 0.29) is 5.78 Å². The number of rotatable bonds is 6. The maximum absolute atomic E-state index is 12.7. The highest BCUT2D eigenvalue weighted by Gasteiger charge is 2.15. The topological polar surface area (TPSA) is 61.9 Å². The molecule has 0 aliphatic heterocycles.